The molecular weight excluding hydrogens is 552 g/mol. The minimum absolute atomic E-state index is 0.0139. The molecule has 2 N–H and O–H groups in total. The Morgan fingerprint density at radius 3 is 2.46 bits per heavy atom. The van der Waals surface area contributed by atoms with E-state index in [0.29, 0.717) is 0 Å². The topological polar surface area (TPSA) is 58.2 Å². The second-order valence-electron chi connectivity index (χ2n) is 5.38. The van der Waals surface area contributed by atoms with E-state index in [0.717, 1.165) is 12.1 Å². The summed E-state index contributed by atoms with van der Waals surface area (Å²) in [7, 11) is 0. The standard InChI is InChI=1S/C17H11Br2Cl2F3N2O2/c18-9-4-11(25-6-12(23)24)16(26-13(27)5-20)15(19)14(9)17(28)8-3-7(22)1-2-10(8)21/h1-4,12,25H,5-6H2,(H,26,27). The van der Waals surface area contributed by atoms with E-state index in [2.05, 4.69) is 42.5 Å². The van der Waals surface area contributed by atoms with Crippen LogP contribution in [-0.2, 0) is 4.79 Å². The minimum atomic E-state index is -2.65. The Balaban J connectivity index is 2.61. The first-order chi connectivity index (χ1) is 13.1. The van der Waals surface area contributed by atoms with Gasteiger partial charge in [0.2, 0.25) is 5.91 Å². The number of carbonyl (C=O) groups excluding carboxylic acids is 2. The van der Waals surface area contributed by atoms with Crippen molar-refractivity contribution < 1.29 is 22.8 Å². The maximum absolute atomic E-state index is 13.6. The first-order valence-electron chi connectivity index (χ1n) is 7.55. The van der Waals surface area contributed by atoms with Crippen molar-refractivity contribution >= 4 is 78.1 Å². The predicted octanol–water partition coefficient (Wildman–Crippen LogP) is 6.09. The summed E-state index contributed by atoms with van der Waals surface area (Å²) in [5, 5.41) is 4.96. The third-order valence-corrected chi connectivity index (χ3v) is 5.44. The lowest BCUT2D eigenvalue weighted by atomic mass is 10.0. The van der Waals surface area contributed by atoms with Gasteiger partial charge in [0, 0.05) is 10.0 Å². The molecule has 0 unspecified atom stereocenters. The Kier molecular flexibility index (Phi) is 8.18. The lowest BCUT2D eigenvalue weighted by Gasteiger charge is -2.18. The fourth-order valence-electron chi connectivity index (χ4n) is 2.26. The van der Waals surface area contributed by atoms with E-state index in [1.54, 1.807) is 0 Å². The molecular formula is C17H11Br2Cl2F3N2O2. The monoisotopic (exact) mass is 560 g/mol. The van der Waals surface area contributed by atoms with Crippen molar-refractivity contribution in [3.63, 3.8) is 0 Å². The minimum Gasteiger partial charge on any atom is -0.378 e. The van der Waals surface area contributed by atoms with Crippen LogP contribution < -0.4 is 10.6 Å². The number of hydrogen-bond acceptors (Lipinski definition) is 3. The molecule has 4 nitrogen and oxygen atoms in total. The van der Waals surface area contributed by atoms with Crippen LogP contribution in [0.3, 0.4) is 0 Å². The van der Waals surface area contributed by atoms with Crippen molar-refractivity contribution in [2.24, 2.45) is 0 Å². The molecule has 0 aliphatic heterocycles. The average Bonchev–Trinajstić information content (AvgIpc) is 2.64. The number of carbonyl (C=O) groups is 2. The van der Waals surface area contributed by atoms with Gasteiger partial charge in [-0.2, -0.15) is 0 Å². The summed E-state index contributed by atoms with van der Waals surface area (Å²) in [6, 6.07) is 4.66. The molecule has 0 spiro atoms. The van der Waals surface area contributed by atoms with Gasteiger partial charge < -0.3 is 10.6 Å². The molecule has 2 aromatic carbocycles. The molecule has 1 amide bonds. The van der Waals surface area contributed by atoms with Gasteiger partial charge in [0.15, 0.2) is 5.78 Å². The van der Waals surface area contributed by atoms with Crippen LogP contribution in [0, 0.1) is 5.82 Å². The Morgan fingerprint density at radius 2 is 1.86 bits per heavy atom. The molecule has 0 saturated heterocycles. The average molecular weight is 563 g/mol. The normalized spacial score (nSPS) is 10.9. The number of amides is 1. The van der Waals surface area contributed by atoms with Crippen LogP contribution in [0.4, 0.5) is 24.5 Å². The van der Waals surface area contributed by atoms with E-state index in [1.165, 1.54) is 12.1 Å². The number of anilines is 2. The molecule has 2 rings (SSSR count). The van der Waals surface area contributed by atoms with Crippen molar-refractivity contribution in [3.8, 4) is 0 Å². The van der Waals surface area contributed by atoms with Crippen molar-refractivity contribution in [3.05, 3.63) is 55.2 Å². The first-order valence-corrected chi connectivity index (χ1v) is 10.0. The van der Waals surface area contributed by atoms with Crippen LogP contribution in [0.5, 0.6) is 0 Å². The fourth-order valence-corrected chi connectivity index (χ4v) is 4.10. The number of ketones is 1. The van der Waals surface area contributed by atoms with E-state index in [-0.39, 0.29) is 36.5 Å². The van der Waals surface area contributed by atoms with Crippen LogP contribution in [0.15, 0.2) is 33.2 Å². The second kappa shape index (κ2) is 9.96. The predicted molar refractivity (Wildman–Crippen MR) is 111 cm³/mol. The van der Waals surface area contributed by atoms with Crippen LogP contribution in [0.2, 0.25) is 5.02 Å². The second-order valence-corrected chi connectivity index (χ2v) is 7.70. The highest BCUT2D eigenvalue weighted by Gasteiger charge is 2.25. The van der Waals surface area contributed by atoms with Crippen molar-refractivity contribution in [2.75, 3.05) is 23.1 Å². The number of nitrogens with one attached hydrogen (secondary N) is 2. The number of halogens is 7. The highest BCUT2D eigenvalue weighted by molar-refractivity contribution is 9.11. The summed E-state index contributed by atoms with van der Waals surface area (Å²) in [6.07, 6.45) is -2.65. The van der Waals surface area contributed by atoms with Crippen molar-refractivity contribution in [1.29, 1.82) is 0 Å². The zero-order chi connectivity index (χ0) is 21.0. The molecule has 0 fully saturated rings. The SMILES string of the molecule is O=C(CCl)Nc1c(NCC(F)F)cc(Br)c(C(=O)c2cc(F)ccc2Cl)c1Br. The molecule has 0 atom stereocenters. The molecule has 0 aromatic heterocycles. The summed E-state index contributed by atoms with van der Waals surface area (Å²) < 4.78 is 39.1. The lowest BCUT2D eigenvalue weighted by Crippen LogP contribution is -2.18. The number of benzene rings is 2. The van der Waals surface area contributed by atoms with Crippen LogP contribution in [0.25, 0.3) is 0 Å². The molecule has 0 heterocycles. The van der Waals surface area contributed by atoms with E-state index >= 15 is 0 Å². The van der Waals surface area contributed by atoms with Gasteiger partial charge in [0.05, 0.1) is 33.0 Å². The molecule has 0 saturated carbocycles. The number of alkyl halides is 3. The van der Waals surface area contributed by atoms with Gasteiger partial charge in [-0.1, -0.05) is 11.6 Å². The van der Waals surface area contributed by atoms with Gasteiger partial charge in [0.25, 0.3) is 6.43 Å². The molecule has 0 bridgehead atoms. The smallest absolute Gasteiger partial charge is 0.255 e. The van der Waals surface area contributed by atoms with Crippen molar-refractivity contribution in [1.82, 2.24) is 0 Å². The summed E-state index contributed by atoms with van der Waals surface area (Å²) in [5.41, 5.74) is 0.0655. The largest absolute Gasteiger partial charge is 0.378 e. The van der Waals surface area contributed by atoms with Gasteiger partial charge in [-0.25, -0.2) is 13.2 Å². The zero-order valence-electron chi connectivity index (χ0n) is 13.8. The van der Waals surface area contributed by atoms with Gasteiger partial charge >= 0.3 is 0 Å². The Hall–Kier alpha value is -1.29. The third kappa shape index (κ3) is 5.40. The molecule has 0 aliphatic rings. The maximum atomic E-state index is 13.6. The first kappa shape index (κ1) is 23.0. The van der Waals surface area contributed by atoms with E-state index in [9.17, 15) is 22.8 Å². The number of hydrogen-bond donors (Lipinski definition) is 2. The summed E-state index contributed by atoms with van der Waals surface area (Å²) in [4.78, 5) is 24.7. The van der Waals surface area contributed by atoms with Gasteiger partial charge in [-0.05, 0) is 56.1 Å². The quantitative estimate of drug-likeness (QED) is 0.317. The van der Waals surface area contributed by atoms with Crippen LogP contribution >= 0.6 is 55.1 Å². The molecule has 11 heteroatoms. The summed E-state index contributed by atoms with van der Waals surface area (Å²) >= 11 is 17.9. The number of rotatable bonds is 7. The van der Waals surface area contributed by atoms with Gasteiger partial charge in [-0.3, -0.25) is 9.59 Å². The van der Waals surface area contributed by atoms with E-state index < -0.39 is 36.4 Å². The van der Waals surface area contributed by atoms with Crippen LogP contribution in [-0.4, -0.2) is 30.5 Å². The highest BCUT2D eigenvalue weighted by atomic mass is 79.9. The Morgan fingerprint density at radius 1 is 1.18 bits per heavy atom. The van der Waals surface area contributed by atoms with E-state index in [4.69, 9.17) is 23.2 Å². The zero-order valence-corrected chi connectivity index (χ0v) is 18.4. The fraction of sp³-hybridized carbons (Fsp3) is 0.176. The lowest BCUT2D eigenvalue weighted by molar-refractivity contribution is -0.113. The molecule has 2 aromatic rings. The van der Waals surface area contributed by atoms with Crippen molar-refractivity contribution in [2.45, 2.75) is 6.43 Å². The molecule has 150 valence electrons. The Bertz CT molecular complexity index is 930. The third-order valence-electron chi connectivity index (χ3n) is 3.45. The Labute approximate surface area is 185 Å². The molecule has 0 aliphatic carbocycles. The van der Waals surface area contributed by atoms with E-state index in [1.807, 2.05) is 0 Å². The maximum Gasteiger partial charge on any atom is 0.255 e. The van der Waals surface area contributed by atoms with Gasteiger partial charge in [-0.15, -0.1) is 11.6 Å². The molecule has 0 radical (unpaired) electrons. The summed E-state index contributed by atoms with van der Waals surface area (Å²) in [5.74, 6) is -2.32. The molecule has 28 heavy (non-hydrogen) atoms. The van der Waals surface area contributed by atoms with Gasteiger partial charge in [0.1, 0.15) is 11.7 Å². The summed E-state index contributed by atoms with van der Waals surface area (Å²) in [6.45, 7) is -0.689. The van der Waals surface area contributed by atoms with Crippen LogP contribution in [0.1, 0.15) is 15.9 Å². The highest BCUT2D eigenvalue weighted by Crippen LogP contribution is 2.40.